The molecular weight excluding hydrogens is 417 g/mol. The molecule has 0 radical (unpaired) electrons. The van der Waals surface area contributed by atoms with E-state index in [-0.39, 0.29) is 5.91 Å². The lowest BCUT2D eigenvalue weighted by Gasteiger charge is -2.09. The van der Waals surface area contributed by atoms with Crippen LogP contribution in [0.2, 0.25) is 0 Å². The molecule has 0 bridgehead atoms. The summed E-state index contributed by atoms with van der Waals surface area (Å²) in [5.41, 5.74) is 0.660. The van der Waals surface area contributed by atoms with E-state index in [4.69, 9.17) is 0 Å². The van der Waals surface area contributed by atoms with Crippen LogP contribution in [0.4, 0.5) is 5.82 Å². The maximum Gasteiger partial charge on any atom is 0.251 e. The first-order valence-corrected chi connectivity index (χ1v) is 8.53. The molecule has 1 aromatic carbocycles. The van der Waals surface area contributed by atoms with Gasteiger partial charge in [-0.05, 0) is 59.0 Å². The minimum absolute atomic E-state index is 0.0797. The Morgan fingerprint density at radius 1 is 1.08 bits per heavy atom. The van der Waals surface area contributed by atoms with Crippen molar-refractivity contribution in [2.24, 2.45) is 0 Å². The van der Waals surface area contributed by atoms with Crippen molar-refractivity contribution in [3.05, 3.63) is 70.3 Å². The van der Waals surface area contributed by atoms with Crippen molar-refractivity contribution in [3.63, 3.8) is 0 Å². The molecule has 7 heteroatoms. The highest BCUT2D eigenvalue weighted by atomic mass is 127. The van der Waals surface area contributed by atoms with E-state index in [0.29, 0.717) is 18.7 Å². The van der Waals surface area contributed by atoms with Crippen LogP contribution in [0.5, 0.6) is 0 Å². The van der Waals surface area contributed by atoms with Gasteiger partial charge in [-0.2, -0.15) is 0 Å². The fraction of sp³-hybridized carbons (Fsp3) is 0.118. The predicted molar refractivity (Wildman–Crippen MR) is 101 cm³/mol. The number of hydrogen-bond donors (Lipinski definition) is 2. The van der Waals surface area contributed by atoms with Crippen LogP contribution >= 0.6 is 22.6 Å². The molecule has 0 aliphatic rings. The molecule has 0 aliphatic heterocycles. The van der Waals surface area contributed by atoms with Crippen molar-refractivity contribution in [2.75, 3.05) is 18.4 Å². The average Bonchev–Trinajstić information content (AvgIpc) is 3.14. The lowest BCUT2D eigenvalue weighted by Crippen LogP contribution is -2.28. The van der Waals surface area contributed by atoms with Crippen molar-refractivity contribution < 1.29 is 4.79 Å². The van der Waals surface area contributed by atoms with Gasteiger partial charge in [-0.1, -0.05) is 0 Å². The Bertz CT molecular complexity index is 802. The summed E-state index contributed by atoms with van der Waals surface area (Å²) in [6, 6.07) is 13.2. The quantitative estimate of drug-likeness (QED) is 0.464. The number of aromatic nitrogens is 3. The van der Waals surface area contributed by atoms with E-state index < -0.39 is 0 Å². The van der Waals surface area contributed by atoms with Crippen LogP contribution in [0.25, 0.3) is 5.82 Å². The number of carbonyl (C=O) groups excluding carboxylic acids is 1. The van der Waals surface area contributed by atoms with Gasteiger partial charge in [0.05, 0.1) is 0 Å². The number of nitrogens with zero attached hydrogens (tertiary/aromatic N) is 3. The van der Waals surface area contributed by atoms with E-state index in [1.165, 1.54) is 6.33 Å². The topological polar surface area (TPSA) is 71.8 Å². The van der Waals surface area contributed by atoms with Gasteiger partial charge >= 0.3 is 0 Å². The maximum atomic E-state index is 12.0. The normalized spacial score (nSPS) is 10.4. The molecule has 2 aromatic heterocycles. The molecule has 2 heterocycles. The largest absolute Gasteiger partial charge is 0.368 e. The number of halogens is 1. The summed E-state index contributed by atoms with van der Waals surface area (Å²) in [5, 5.41) is 6.06. The Hall–Kier alpha value is -2.42. The molecule has 2 N–H and O–H groups in total. The van der Waals surface area contributed by atoms with Crippen LogP contribution in [-0.2, 0) is 0 Å². The molecule has 6 nitrogen and oxygen atoms in total. The molecule has 122 valence electrons. The van der Waals surface area contributed by atoms with Crippen LogP contribution in [-0.4, -0.2) is 33.5 Å². The van der Waals surface area contributed by atoms with E-state index in [0.717, 1.165) is 15.2 Å². The molecular formula is C17H16IN5O. The van der Waals surface area contributed by atoms with Crippen molar-refractivity contribution in [1.82, 2.24) is 19.9 Å². The van der Waals surface area contributed by atoms with E-state index in [1.54, 1.807) is 0 Å². The van der Waals surface area contributed by atoms with Crippen molar-refractivity contribution in [3.8, 4) is 5.82 Å². The van der Waals surface area contributed by atoms with E-state index in [9.17, 15) is 4.79 Å². The predicted octanol–water partition coefficient (Wildman–Crippen LogP) is 2.71. The molecule has 0 saturated carbocycles. The fourth-order valence-corrected chi connectivity index (χ4v) is 2.50. The van der Waals surface area contributed by atoms with Gasteiger partial charge in [0.15, 0.2) is 0 Å². The monoisotopic (exact) mass is 433 g/mol. The molecule has 3 rings (SSSR count). The molecule has 0 unspecified atom stereocenters. The molecule has 1 amide bonds. The van der Waals surface area contributed by atoms with Crippen LogP contribution in [0.15, 0.2) is 61.2 Å². The molecule has 0 atom stereocenters. The summed E-state index contributed by atoms with van der Waals surface area (Å²) in [6.07, 6.45) is 5.36. The third-order valence-electron chi connectivity index (χ3n) is 3.34. The number of rotatable bonds is 6. The summed E-state index contributed by atoms with van der Waals surface area (Å²) in [7, 11) is 0. The number of hydrogen-bond acceptors (Lipinski definition) is 4. The first-order valence-electron chi connectivity index (χ1n) is 7.45. The minimum atomic E-state index is -0.0797. The first-order chi connectivity index (χ1) is 11.7. The lowest BCUT2D eigenvalue weighted by molar-refractivity contribution is 0.0955. The van der Waals surface area contributed by atoms with Crippen molar-refractivity contribution in [2.45, 2.75) is 0 Å². The first kappa shape index (κ1) is 16.4. The number of nitrogens with one attached hydrogen (secondary N) is 2. The third kappa shape index (κ3) is 4.31. The fourth-order valence-electron chi connectivity index (χ4n) is 2.14. The van der Waals surface area contributed by atoms with Crippen LogP contribution in [0.1, 0.15) is 10.4 Å². The van der Waals surface area contributed by atoms with Crippen LogP contribution < -0.4 is 10.6 Å². The second-order valence-corrected chi connectivity index (χ2v) is 6.29. The summed E-state index contributed by atoms with van der Waals surface area (Å²) in [6.45, 7) is 1.09. The second kappa shape index (κ2) is 7.91. The van der Waals surface area contributed by atoms with Gasteiger partial charge in [0, 0.05) is 40.7 Å². The molecule has 0 spiro atoms. The lowest BCUT2D eigenvalue weighted by atomic mass is 10.2. The van der Waals surface area contributed by atoms with Gasteiger partial charge in [-0.25, -0.2) is 9.97 Å². The Morgan fingerprint density at radius 2 is 1.83 bits per heavy atom. The Morgan fingerprint density at radius 3 is 2.58 bits per heavy atom. The smallest absolute Gasteiger partial charge is 0.251 e. The van der Waals surface area contributed by atoms with Crippen LogP contribution in [0, 0.1) is 3.57 Å². The van der Waals surface area contributed by atoms with Crippen molar-refractivity contribution in [1.29, 1.82) is 0 Å². The number of benzene rings is 1. The Balaban J connectivity index is 1.49. The number of anilines is 1. The number of amides is 1. The zero-order valence-electron chi connectivity index (χ0n) is 12.8. The molecule has 0 aliphatic carbocycles. The molecule has 0 fully saturated rings. The zero-order valence-corrected chi connectivity index (χ0v) is 15.0. The molecule has 3 aromatic rings. The van der Waals surface area contributed by atoms with Gasteiger partial charge in [0.1, 0.15) is 18.0 Å². The number of carbonyl (C=O) groups is 1. The van der Waals surface area contributed by atoms with E-state index in [1.807, 2.05) is 59.4 Å². The van der Waals surface area contributed by atoms with Crippen molar-refractivity contribution >= 4 is 34.3 Å². The standard InChI is InChI=1S/C17H16IN5O/c18-14-5-3-13(4-6-14)17(24)20-8-7-19-15-11-16(22-12-21-15)23-9-1-2-10-23/h1-6,9-12H,7-8H2,(H,20,24)(H,19,21,22). The summed E-state index contributed by atoms with van der Waals surface area (Å²) < 4.78 is 3.01. The SMILES string of the molecule is O=C(NCCNc1cc(-n2cccc2)ncn1)c1ccc(I)cc1. The summed E-state index contributed by atoms with van der Waals surface area (Å²) in [5.74, 6) is 1.43. The zero-order chi connectivity index (χ0) is 16.8. The molecule has 0 saturated heterocycles. The highest BCUT2D eigenvalue weighted by Crippen LogP contribution is 2.09. The van der Waals surface area contributed by atoms with Gasteiger partial charge in [-0.15, -0.1) is 0 Å². The maximum absolute atomic E-state index is 12.0. The Labute approximate surface area is 153 Å². The van der Waals surface area contributed by atoms with E-state index >= 15 is 0 Å². The average molecular weight is 433 g/mol. The summed E-state index contributed by atoms with van der Waals surface area (Å²) in [4.78, 5) is 20.4. The van der Waals surface area contributed by atoms with Gasteiger partial charge in [-0.3, -0.25) is 4.79 Å². The highest BCUT2D eigenvalue weighted by molar-refractivity contribution is 14.1. The van der Waals surface area contributed by atoms with E-state index in [2.05, 4.69) is 43.2 Å². The summed E-state index contributed by atoms with van der Waals surface area (Å²) >= 11 is 2.21. The van der Waals surface area contributed by atoms with Crippen LogP contribution in [0.3, 0.4) is 0 Å². The highest BCUT2D eigenvalue weighted by Gasteiger charge is 2.04. The minimum Gasteiger partial charge on any atom is -0.368 e. The second-order valence-electron chi connectivity index (χ2n) is 5.04. The van der Waals surface area contributed by atoms with Gasteiger partial charge in [0.2, 0.25) is 0 Å². The third-order valence-corrected chi connectivity index (χ3v) is 4.06. The van der Waals surface area contributed by atoms with Gasteiger partial charge < -0.3 is 15.2 Å². The van der Waals surface area contributed by atoms with Gasteiger partial charge in [0.25, 0.3) is 5.91 Å². The molecule has 24 heavy (non-hydrogen) atoms. The Kier molecular flexibility index (Phi) is 5.42.